The van der Waals surface area contributed by atoms with Crippen LogP contribution in [-0.4, -0.2) is 25.2 Å². The third-order valence-electron chi connectivity index (χ3n) is 5.62. The molecular weight excluding hydrogens is 483 g/mol. The van der Waals surface area contributed by atoms with Crippen molar-refractivity contribution >= 4 is 45.8 Å². The van der Waals surface area contributed by atoms with Gasteiger partial charge in [-0.3, -0.25) is 14.8 Å². The van der Waals surface area contributed by atoms with E-state index in [2.05, 4.69) is 15.5 Å². The van der Waals surface area contributed by atoms with Gasteiger partial charge in [-0.2, -0.15) is 0 Å². The van der Waals surface area contributed by atoms with Crippen LogP contribution < -0.4 is 10.9 Å². The van der Waals surface area contributed by atoms with Crippen LogP contribution in [0.1, 0.15) is 12.5 Å². The van der Waals surface area contributed by atoms with Crippen molar-refractivity contribution in [1.29, 1.82) is 5.41 Å². The van der Waals surface area contributed by atoms with Crippen molar-refractivity contribution in [2.24, 2.45) is 0 Å². The van der Waals surface area contributed by atoms with Crippen molar-refractivity contribution in [1.82, 2.24) is 19.3 Å². The molecule has 0 aliphatic carbocycles. The van der Waals surface area contributed by atoms with E-state index in [9.17, 15) is 4.79 Å². The molecule has 9 heteroatoms. The number of anilines is 1. The van der Waals surface area contributed by atoms with Gasteiger partial charge in [0.25, 0.3) is 0 Å². The van der Waals surface area contributed by atoms with Gasteiger partial charge in [0.2, 0.25) is 11.5 Å². The molecule has 7 nitrogen and oxygen atoms in total. The number of amides is 1. The zero-order chi connectivity index (χ0) is 24.5. The van der Waals surface area contributed by atoms with E-state index >= 15 is 0 Å². The van der Waals surface area contributed by atoms with Gasteiger partial charge in [-0.15, -0.1) is 10.2 Å². The van der Waals surface area contributed by atoms with Gasteiger partial charge in [-0.05, 0) is 54.1 Å². The Bertz CT molecular complexity index is 1620. The van der Waals surface area contributed by atoms with Crippen LogP contribution in [0.25, 0.3) is 28.1 Å². The summed E-state index contributed by atoms with van der Waals surface area (Å²) in [6, 6.07) is 24.1. The number of fused-ring (bicyclic) bond motifs is 1. The number of carbonyl (C=O) groups excluding carboxylic acids is 1. The topological polar surface area (TPSA) is 88.6 Å². The van der Waals surface area contributed by atoms with Crippen LogP contribution in [0, 0.1) is 5.41 Å². The monoisotopic (exact) mass is 502 g/mol. The van der Waals surface area contributed by atoms with Crippen LogP contribution in [0.4, 0.5) is 5.69 Å². The van der Waals surface area contributed by atoms with Crippen LogP contribution >= 0.6 is 23.2 Å². The van der Waals surface area contributed by atoms with Crippen molar-refractivity contribution in [2.75, 3.05) is 5.32 Å². The van der Waals surface area contributed by atoms with Gasteiger partial charge in [0.05, 0.1) is 29.0 Å². The molecule has 0 bridgehead atoms. The molecule has 2 N–H and O–H groups in total. The lowest BCUT2D eigenvalue weighted by atomic mass is 10.1. The Morgan fingerprint density at radius 3 is 2.40 bits per heavy atom. The normalized spacial score (nSPS) is 11.1. The fourth-order valence-electron chi connectivity index (χ4n) is 4.03. The molecule has 174 valence electrons. The van der Waals surface area contributed by atoms with Crippen molar-refractivity contribution in [3.8, 4) is 17.1 Å². The van der Waals surface area contributed by atoms with Crippen LogP contribution in [0.15, 0.2) is 78.9 Å². The lowest BCUT2D eigenvalue weighted by Gasteiger charge is -2.10. The minimum absolute atomic E-state index is 0.195. The largest absolute Gasteiger partial charge is 0.326 e. The number of rotatable bonds is 5. The first kappa shape index (κ1) is 22.8. The van der Waals surface area contributed by atoms with Crippen molar-refractivity contribution in [2.45, 2.75) is 13.5 Å². The molecule has 0 spiro atoms. The zero-order valence-electron chi connectivity index (χ0n) is 18.7. The molecule has 5 aromatic rings. The first-order chi connectivity index (χ1) is 16.9. The van der Waals surface area contributed by atoms with Crippen molar-refractivity contribution in [3.63, 3.8) is 0 Å². The van der Waals surface area contributed by atoms with Crippen LogP contribution in [0.5, 0.6) is 0 Å². The molecule has 0 saturated heterocycles. The Morgan fingerprint density at radius 2 is 1.69 bits per heavy atom. The third-order valence-corrected chi connectivity index (χ3v) is 6.22. The molecule has 0 radical (unpaired) electrons. The highest BCUT2D eigenvalue weighted by Crippen LogP contribution is 2.30. The highest BCUT2D eigenvalue weighted by molar-refractivity contribution is 6.31. The minimum Gasteiger partial charge on any atom is -0.326 e. The first-order valence-corrected chi connectivity index (χ1v) is 11.6. The van der Waals surface area contributed by atoms with Gasteiger partial charge < -0.3 is 9.88 Å². The number of halogens is 2. The third kappa shape index (κ3) is 4.43. The predicted molar refractivity (Wildman–Crippen MR) is 138 cm³/mol. The molecule has 0 aliphatic rings. The number of nitrogens with zero attached hydrogens (tertiary/aromatic N) is 4. The quantitative estimate of drug-likeness (QED) is 0.323. The predicted octanol–water partition coefficient (Wildman–Crippen LogP) is 5.68. The van der Waals surface area contributed by atoms with E-state index in [-0.39, 0.29) is 11.5 Å². The Labute approximate surface area is 211 Å². The van der Waals surface area contributed by atoms with Crippen molar-refractivity contribution in [3.05, 3.63) is 100 Å². The molecule has 1 amide bonds. The minimum atomic E-state index is -0.195. The number of aromatic nitrogens is 4. The molecule has 0 aliphatic heterocycles. The maximum absolute atomic E-state index is 11.6. The number of nitrogens with one attached hydrogen (secondary N) is 2. The lowest BCUT2D eigenvalue weighted by Crippen LogP contribution is -2.25. The number of hydrogen-bond acceptors (Lipinski definition) is 4. The summed E-state index contributed by atoms with van der Waals surface area (Å²) in [5.74, 6) is 0.301. The van der Waals surface area contributed by atoms with E-state index in [4.69, 9.17) is 28.6 Å². The van der Waals surface area contributed by atoms with Gasteiger partial charge in [0, 0.05) is 22.5 Å². The second-order valence-corrected chi connectivity index (χ2v) is 8.82. The van der Waals surface area contributed by atoms with Gasteiger partial charge in [0.1, 0.15) is 0 Å². The Kier molecular flexibility index (Phi) is 6.11. The summed E-state index contributed by atoms with van der Waals surface area (Å²) >= 11 is 12.6. The van der Waals surface area contributed by atoms with E-state index in [0.29, 0.717) is 39.4 Å². The summed E-state index contributed by atoms with van der Waals surface area (Å²) in [5, 5.41) is 21.7. The van der Waals surface area contributed by atoms with Crippen LogP contribution in [0.2, 0.25) is 10.0 Å². The standard InChI is InChI=1S/C26H20Cl2N6O/c1-16(35)30-21-11-10-18(27)14-19(21)22-12-13-25(32-31-22)34-24-9-5-4-8-23(24)33(26(34)29)15-17-6-2-3-7-20(17)28/h2-14,29H,15H2,1H3,(H,30,35). The molecule has 35 heavy (non-hydrogen) atoms. The van der Waals surface area contributed by atoms with Crippen LogP contribution in [-0.2, 0) is 11.3 Å². The second-order valence-electron chi connectivity index (χ2n) is 7.97. The summed E-state index contributed by atoms with van der Waals surface area (Å²) in [5.41, 5.74) is 4.67. The van der Waals surface area contributed by atoms with Gasteiger partial charge in [-0.25, -0.2) is 0 Å². The molecule has 0 unspecified atom stereocenters. The average molecular weight is 503 g/mol. The lowest BCUT2D eigenvalue weighted by molar-refractivity contribution is -0.114. The molecule has 0 fully saturated rings. The van der Waals surface area contributed by atoms with Crippen molar-refractivity contribution < 1.29 is 4.79 Å². The van der Waals surface area contributed by atoms with E-state index < -0.39 is 0 Å². The van der Waals surface area contributed by atoms with Gasteiger partial charge in [-0.1, -0.05) is 53.5 Å². The fourth-order valence-corrected chi connectivity index (χ4v) is 4.40. The number of para-hydroxylation sites is 2. The second kappa shape index (κ2) is 9.37. The maximum atomic E-state index is 11.6. The molecule has 2 heterocycles. The first-order valence-electron chi connectivity index (χ1n) is 10.8. The van der Waals surface area contributed by atoms with Gasteiger partial charge >= 0.3 is 0 Å². The van der Waals surface area contributed by atoms with E-state index in [1.54, 1.807) is 34.9 Å². The van der Waals surface area contributed by atoms with E-state index in [1.165, 1.54) is 6.92 Å². The Balaban J connectivity index is 1.60. The molecule has 0 saturated carbocycles. The SMILES string of the molecule is CC(=O)Nc1ccc(Cl)cc1-c1ccc(-n2c(=N)n(Cc3ccccc3Cl)c3ccccc32)nn1. The number of imidazole rings is 1. The smallest absolute Gasteiger partial charge is 0.221 e. The van der Waals surface area contributed by atoms with E-state index in [1.807, 2.05) is 53.1 Å². The maximum Gasteiger partial charge on any atom is 0.221 e. The zero-order valence-corrected chi connectivity index (χ0v) is 20.2. The summed E-state index contributed by atoms with van der Waals surface area (Å²) in [7, 11) is 0. The molecular formula is C26H20Cl2N6O. The van der Waals surface area contributed by atoms with Crippen LogP contribution in [0.3, 0.4) is 0 Å². The Hall–Kier alpha value is -3.94. The number of carbonyl (C=O) groups is 1. The average Bonchev–Trinajstić information content (AvgIpc) is 3.13. The highest BCUT2D eigenvalue weighted by atomic mass is 35.5. The molecule has 5 rings (SSSR count). The summed E-state index contributed by atoms with van der Waals surface area (Å²) in [6.45, 7) is 1.89. The number of benzene rings is 3. The fraction of sp³-hybridized carbons (Fsp3) is 0.0769. The molecule has 2 aromatic heterocycles. The number of hydrogen-bond donors (Lipinski definition) is 2. The summed E-state index contributed by atoms with van der Waals surface area (Å²) in [6.07, 6.45) is 0. The highest BCUT2D eigenvalue weighted by Gasteiger charge is 2.16. The molecule has 0 atom stereocenters. The summed E-state index contributed by atoms with van der Waals surface area (Å²) < 4.78 is 3.63. The van der Waals surface area contributed by atoms with E-state index in [0.717, 1.165) is 16.6 Å². The van der Waals surface area contributed by atoms with Gasteiger partial charge in [0.15, 0.2) is 5.82 Å². The Morgan fingerprint density at radius 1 is 0.943 bits per heavy atom. The molecule has 3 aromatic carbocycles. The summed E-state index contributed by atoms with van der Waals surface area (Å²) in [4.78, 5) is 11.6.